The highest BCUT2D eigenvalue weighted by Gasteiger charge is 2.10. The summed E-state index contributed by atoms with van der Waals surface area (Å²) in [7, 11) is 0. The molecule has 0 spiro atoms. The number of fused-ring (bicyclic) bond motifs is 1. The molecule has 0 saturated heterocycles. The zero-order valence-corrected chi connectivity index (χ0v) is 8.90. The van der Waals surface area contributed by atoms with Crippen molar-refractivity contribution in [2.24, 2.45) is 5.92 Å². The summed E-state index contributed by atoms with van der Waals surface area (Å²) in [6.45, 7) is 6.72. The van der Waals surface area contributed by atoms with Gasteiger partial charge in [0, 0.05) is 13.1 Å². The molecule has 0 aromatic heterocycles. The third-order valence-electron chi connectivity index (χ3n) is 2.49. The highest BCUT2D eigenvalue weighted by molar-refractivity contribution is 5.55. The molecule has 0 bridgehead atoms. The molecule has 1 nitrogen and oxygen atoms in total. The van der Waals surface area contributed by atoms with Crippen molar-refractivity contribution in [1.29, 1.82) is 0 Å². The molecule has 1 heteroatoms. The van der Waals surface area contributed by atoms with Crippen LogP contribution in [0.5, 0.6) is 0 Å². The van der Waals surface area contributed by atoms with E-state index in [-0.39, 0.29) is 0 Å². The molecule has 0 N–H and O–H groups in total. The minimum absolute atomic E-state index is 0.727. The van der Waals surface area contributed by atoms with Crippen LogP contribution in [0.4, 0.5) is 0 Å². The van der Waals surface area contributed by atoms with E-state index < -0.39 is 0 Å². The second-order valence-electron chi connectivity index (χ2n) is 4.34. The maximum Gasteiger partial charge on any atom is 0.0430 e. The fraction of sp³-hybridized carbons (Fsp3) is 0.385. The van der Waals surface area contributed by atoms with Crippen molar-refractivity contribution >= 4 is 6.08 Å². The van der Waals surface area contributed by atoms with Gasteiger partial charge in [0.25, 0.3) is 0 Å². The maximum atomic E-state index is 2.38. The van der Waals surface area contributed by atoms with Gasteiger partial charge in [-0.2, -0.15) is 0 Å². The Morgan fingerprint density at radius 2 is 2.07 bits per heavy atom. The highest BCUT2D eigenvalue weighted by atomic mass is 15.1. The fourth-order valence-electron chi connectivity index (χ4n) is 1.89. The van der Waals surface area contributed by atoms with Crippen LogP contribution in [0.15, 0.2) is 30.5 Å². The Labute approximate surface area is 86.1 Å². The smallest absolute Gasteiger partial charge is 0.0430 e. The Morgan fingerprint density at radius 3 is 2.86 bits per heavy atom. The van der Waals surface area contributed by atoms with Crippen molar-refractivity contribution in [1.82, 2.24) is 4.90 Å². The number of nitrogens with zero attached hydrogens (tertiary/aromatic N) is 1. The fourth-order valence-corrected chi connectivity index (χ4v) is 1.89. The molecule has 0 fully saturated rings. The van der Waals surface area contributed by atoms with Crippen LogP contribution in [0.2, 0.25) is 0 Å². The molecule has 14 heavy (non-hydrogen) atoms. The Balaban J connectivity index is 2.13. The Kier molecular flexibility index (Phi) is 2.58. The lowest BCUT2D eigenvalue weighted by Crippen LogP contribution is -2.24. The van der Waals surface area contributed by atoms with Gasteiger partial charge in [0.1, 0.15) is 0 Å². The summed E-state index contributed by atoms with van der Waals surface area (Å²) in [6.07, 6.45) is 4.42. The molecule has 0 amide bonds. The van der Waals surface area contributed by atoms with Crippen molar-refractivity contribution in [2.75, 3.05) is 6.54 Å². The van der Waals surface area contributed by atoms with Crippen LogP contribution >= 0.6 is 0 Å². The second kappa shape index (κ2) is 3.87. The lowest BCUT2D eigenvalue weighted by molar-refractivity contribution is 0.322. The third kappa shape index (κ3) is 1.98. The van der Waals surface area contributed by atoms with Crippen LogP contribution in [-0.4, -0.2) is 11.4 Å². The molecule has 1 aliphatic rings. The van der Waals surface area contributed by atoms with Gasteiger partial charge in [0.2, 0.25) is 0 Å². The molecule has 1 aromatic carbocycles. The molecule has 2 rings (SSSR count). The van der Waals surface area contributed by atoms with E-state index in [9.17, 15) is 0 Å². The predicted octanol–water partition coefficient (Wildman–Crippen LogP) is 3.13. The van der Waals surface area contributed by atoms with E-state index >= 15 is 0 Å². The van der Waals surface area contributed by atoms with Gasteiger partial charge in [-0.25, -0.2) is 0 Å². The number of hydrogen-bond donors (Lipinski definition) is 0. The Hall–Kier alpha value is -1.24. The van der Waals surface area contributed by atoms with E-state index in [4.69, 9.17) is 0 Å². The van der Waals surface area contributed by atoms with Gasteiger partial charge in [-0.15, -0.1) is 0 Å². The normalized spacial score (nSPS) is 14.6. The summed E-state index contributed by atoms with van der Waals surface area (Å²) in [5, 5.41) is 0. The van der Waals surface area contributed by atoms with Gasteiger partial charge in [-0.05, 0) is 29.3 Å². The van der Waals surface area contributed by atoms with Crippen LogP contribution < -0.4 is 0 Å². The average molecular weight is 187 g/mol. The van der Waals surface area contributed by atoms with Crippen LogP contribution in [0, 0.1) is 5.92 Å². The first kappa shape index (κ1) is 9.32. The lowest BCUT2D eigenvalue weighted by atomic mass is 10.0. The van der Waals surface area contributed by atoms with E-state index in [1.54, 1.807) is 0 Å². The first-order chi connectivity index (χ1) is 6.75. The molecule has 1 aromatic rings. The van der Waals surface area contributed by atoms with Gasteiger partial charge < -0.3 is 4.90 Å². The second-order valence-corrected chi connectivity index (χ2v) is 4.34. The summed E-state index contributed by atoms with van der Waals surface area (Å²) >= 11 is 0. The first-order valence-corrected chi connectivity index (χ1v) is 5.26. The standard InChI is InChI=1S/C13H17N/c1-11(2)9-14-8-7-12-5-3-4-6-13(12)10-14/h3-8,11H,9-10H2,1-2H3. The summed E-state index contributed by atoms with van der Waals surface area (Å²) in [4.78, 5) is 2.38. The van der Waals surface area contributed by atoms with Crippen LogP contribution in [0.1, 0.15) is 25.0 Å². The molecule has 74 valence electrons. The zero-order valence-electron chi connectivity index (χ0n) is 8.90. The van der Waals surface area contributed by atoms with Crippen molar-refractivity contribution in [3.63, 3.8) is 0 Å². The van der Waals surface area contributed by atoms with E-state index in [0.29, 0.717) is 0 Å². The lowest BCUT2D eigenvalue weighted by Gasteiger charge is -2.26. The van der Waals surface area contributed by atoms with Crippen LogP contribution in [0.25, 0.3) is 6.08 Å². The molecular weight excluding hydrogens is 170 g/mol. The van der Waals surface area contributed by atoms with Crippen molar-refractivity contribution in [2.45, 2.75) is 20.4 Å². The largest absolute Gasteiger partial charge is 0.373 e. The molecule has 0 atom stereocenters. The molecule has 0 aliphatic carbocycles. The minimum Gasteiger partial charge on any atom is -0.373 e. The van der Waals surface area contributed by atoms with Crippen molar-refractivity contribution < 1.29 is 0 Å². The summed E-state index contributed by atoms with van der Waals surface area (Å²) in [6, 6.07) is 8.61. The Bertz CT molecular complexity index is 339. The van der Waals surface area contributed by atoms with Gasteiger partial charge >= 0.3 is 0 Å². The van der Waals surface area contributed by atoms with Crippen molar-refractivity contribution in [3.05, 3.63) is 41.6 Å². The van der Waals surface area contributed by atoms with Gasteiger partial charge in [-0.3, -0.25) is 0 Å². The van der Waals surface area contributed by atoms with Gasteiger partial charge in [0.15, 0.2) is 0 Å². The topological polar surface area (TPSA) is 3.24 Å². The quantitative estimate of drug-likeness (QED) is 0.687. The SMILES string of the molecule is CC(C)CN1C=Cc2ccccc2C1. The van der Waals surface area contributed by atoms with E-state index in [2.05, 4.69) is 55.3 Å². The number of benzene rings is 1. The molecule has 0 saturated carbocycles. The number of rotatable bonds is 2. The highest BCUT2D eigenvalue weighted by Crippen LogP contribution is 2.19. The summed E-state index contributed by atoms with van der Waals surface area (Å²) < 4.78 is 0. The van der Waals surface area contributed by atoms with Crippen LogP contribution in [0.3, 0.4) is 0 Å². The Morgan fingerprint density at radius 1 is 1.29 bits per heavy atom. The molecule has 1 heterocycles. The van der Waals surface area contributed by atoms with E-state index in [0.717, 1.165) is 19.0 Å². The van der Waals surface area contributed by atoms with Gasteiger partial charge in [0.05, 0.1) is 0 Å². The third-order valence-corrected chi connectivity index (χ3v) is 2.49. The first-order valence-electron chi connectivity index (χ1n) is 5.26. The van der Waals surface area contributed by atoms with Crippen LogP contribution in [-0.2, 0) is 6.54 Å². The predicted molar refractivity (Wildman–Crippen MR) is 60.7 cm³/mol. The van der Waals surface area contributed by atoms with E-state index in [1.807, 2.05) is 0 Å². The van der Waals surface area contributed by atoms with E-state index in [1.165, 1.54) is 11.1 Å². The number of hydrogen-bond acceptors (Lipinski definition) is 1. The monoisotopic (exact) mass is 187 g/mol. The summed E-state index contributed by atoms with van der Waals surface area (Å²) in [5.41, 5.74) is 2.81. The zero-order chi connectivity index (χ0) is 9.97. The van der Waals surface area contributed by atoms with Crippen molar-refractivity contribution in [3.8, 4) is 0 Å². The molecule has 0 radical (unpaired) electrons. The molecule has 1 aliphatic heterocycles. The van der Waals surface area contributed by atoms with Gasteiger partial charge in [-0.1, -0.05) is 38.1 Å². The molecular formula is C13H17N. The minimum atomic E-state index is 0.727. The average Bonchev–Trinajstić information content (AvgIpc) is 2.17. The molecule has 0 unspecified atom stereocenters. The summed E-state index contributed by atoms with van der Waals surface area (Å²) in [5.74, 6) is 0.727. The maximum absolute atomic E-state index is 2.38.